The summed E-state index contributed by atoms with van der Waals surface area (Å²) in [5.74, 6) is 0. The van der Waals surface area contributed by atoms with E-state index in [9.17, 15) is 0 Å². The Kier molecular flexibility index (Phi) is 2.54. The Hall–Kier alpha value is -0.900. The van der Waals surface area contributed by atoms with Gasteiger partial charge in [0.25, 0.3) is 0 Å². The van der Waals surface area contributed by atoms with Crippen molar-refractivity contribution in [1.29, 1.82) is 0 Å². The maximum Gasteiger partial charge on any atom is 0.0547 e. The van der Waals surface area contributed by atoms with Gasteiger partial charge in [-0.15, -0.1) is 0 Å². The number of nitrogens with two attached hydrogens (primary N) is 1. The molecule has 0 radical (unpaired) electrons. The number of thioether (sulfide) groups is 1. The third-order valence-corrected chi connectivity index (χ3v) is 4.03. The van der Waals surface area contributed by atoms with E-state index in [-0.39, 0.29) is 0 Å². The van der Waals surface area contributed by atoms with Crippen LogP contribution in [0, 0.1) is 0 Å². The Bertz CT molecular complexity index is 323. The zero-order valence-corrected chi connectivity index (χ0v) is 9.10. The summed E-state index contributed by atoms with van der Waals surface area (Å²) in [4.78, 5) is 4.04. The molecule has 1 aliphatic carbocycles. The number of rotatable bonds is 4. The predicted molar refractivity (Wildman–Crippen MR) is 62.6 cm³/mol. The monoisotopic (exact) mass is 209 g/mol. The second-order valence-electron chi connectivity index (χ2n) is 3.75. The van der Waals surface area contributed by atoms with Crippen LogP contribution in [0.25, 0.3) is 0 Å². The quantitative estimate of drug-likeness (QED) is 0.796. The first-order valence-electron chi connectivity index (χ1n) is 4.74. The number of hydrogen-bond donors (Lipinski definition) is 2. The van der Waals surface area contributed by atoms with Crippen molar-refractivity contribution in [2.75, 3.05) is 23.9 Å². The zero-order chi connectivity index (χ0) is 10.0. The Labute approximate surface area is 88.5 Å². The van der Waals surface area contributed by atoms with Crippen LogP contribution < -0.4 is 11.1 Å². The lowest BCUT2D eigenvalue weighted by Crippen LogP contribution is -2.17. The molecule has 1 saturated carbocycles. The Morgan fingerprint density at radius 1 is 1.57 bits per heavy atom. The lowest BCUT2D eigenvalue weighted by Gasteiger charge is -2.13. The highest BCUT2D eigenvalue weighted by atomic mass is 32.2. The second kappa shape index (κ2) is 3.69. The van der Waals surface area contributed by atoms with E-state index in [1.807, 2.05) is 24.0 Å². The molecule has 1 heterocycles. The molecule has 0 bridgehead atoms. The fraction of sp³-hybridized carbons (Fsp3) is 0.500. The molecular formula is C10H15N3S. The maximum atomic E-state index is 5.64. The molecule has 0 atom stereocenters. The van der Waals surface area contributed by atoms with E-state index in [0.29, 0.717) is 10.4 Å². The van der Waals surface area contributed by atoms with Crippen LogP contribution in [0.5, 0.6) is 0 Å². The van der Waals surface area contributed by atoms with E-state index in [1.165, 1.54) is 12.8 Å². The van der Waals surface area contributed by atoms with E-state index < -0.39 is 0 Å². The minimum atomic E-state index is 0.477. The van der Waals surface area contributed by atoms with Crippen LogP contribution in [-0.2, 0) is 0 Å². The van der Waals surface area contributed by atoms with Crippen molar-refractivity contribution in [2.45, 2.75) is 17.6 Å². The lowest BCUT2D eigenvalue weighted by atomic mass is 10.3. The van der Waals surface area contributed by atoms with E-state index in [4.69, 9.17) is 5.73 Å². The normalized spacial score (nSPS) is 17.8. The van der Waals surface area contributed by atoms with E-state index in [0.717, 1.165) is 12.2 Å². The van der Waals surface area contributed by atoms with Gasteiger partial charge in [0, 0.05) is 17.5 Å². The Morgan fingerprint density at radius 2 is 2.36 bits per heavy atom. The third-order valence-electron chi connectivity index (χ3n) is 2.61. The molecule has 0 aliphatic heterocycles. The summed E-state index contributed by atoms with van der Waals surface area (Å²) in [7, 11) is 0. The molecule has 3 N–H and O–H groups in total. The molecule has 1 fully saturated rings. The van der Waals surface area contributed by atoms with Crippen LogP contribution in [0.15, 0.2) is 18.5 Å². The highest BCUT2D eigenvalue weighted by Crippen LogP contribution is 2.46. The topological polar surface area (TPSA) is 50.9 Å². The number of nitrogens with zero attached hydrogens (tertiary/aromatic N) is 1. The molecule has 2 rings (SSSR count). The first-order valence-corrected chi connectivity index (χ1v) is 5.96. The largest absolute Gasteiger partial charge is 0.397 e. The predicted octanol–water partition coefficient (Wildman–Crippen LogP) is 1.97. The van der Waals surface area contributed by atoms with Gasteiger partial charge >= 0.3 is 0 Å². The molecule has 4 heteroatoms. The van der Waals surface area contributed by atoms with E-state index in [2.05, 4.69) is 16.6 Å². The molecule has 1 aromatic rings. The van der Waals surface area contributed by atoms with Gasteiger partial charge in [-0.1, -0.05) is 0 Å². The van der Waals surface area contributed by atoms with Crippen LogP contribution in [0.1, 0.15) is 12.8 Å². The lowest BCUT2D eigenvalue weighted by molar-refractivity contribution is 0.948. The van der Waals surface area contributed by atoms with Crippen molar-refractivity contribution < 1.29 is 0 Å². The molecule has 3 nitrogen and oxygen atoms in total. The molecular weight excluding hydrogens is 194 g/mol. The number of pyridine rings is 1. The van der Waals surface area contributed by atoms with Crippen molar-refractivity contribution in [3.63, 3.8) is 0 Å². The molecule has 1 aromatic heterocycles. The van der Waals surface area contributed by atoms with Gasteiger partial charge in [-0.3, -0.25) is 4.98 Å². The van der Waals surface area contributed by atoms with Gasteiger partial charge in [-0.2, -0.15) is 11.8 Å². The van der Waals surface area contributed by atoms with Gasteiger partial charge in [0.2, 0.25) is 0 Å². The highest BCUT2D eigenvalue weighted by Gasteiger charge is 2.41. The fourth-order valence-electron chi connectivity index (χ4n) is 1.41. The van der Waals surface area contributed by atoms with Crippen molar-refractivity contribution in [1.82, 2.24) is 4.98 Å². The molecule has 0 saturated heterocycles. The SMILES string of the molecule is CSC1(CNc2cncc(N)c2)CC1. The summed E-state index contributed by atoms with van der Waals surface area (Å²) < 4.78 is 0.477. The molecule has 1 aliphatic rings. The van der Waals surface area contributed by atoms with Gasteiger partial charge in [0.1, 0.15) is 0 Å². The Balaban J connectivity index is 1.92. The van der Waals surface area contributed by atoms with E-state index in [1.54, 1.807) is 6.20 Å². The van der Waals surface area contributed by atoms with Gasteiger partial charge in [-0.25, -0.2) is 0 Å². The average Bonchev–Trinajstić information content (AvgIpc) is 2.96. The van der Waals surface area contributed by atoms with Crippen molar-refractivity contribution >= 4 is 23.1 Å². The van der Waals surface area contributed by atoms with Crippen molar-refractivity contribution in [3.05, 3.63) is 18.5 Å². The van der Waals surface area contributed by atoms with Crippen LogP contribution in [0.3, 0.4) is 0 Å². The molecule has 76 valence electrons. The molecule has 0 unspecified atom stereocenters. The molecule has 0 aromatic carbocycles. The van der Waals surface area contributed by atoms with Crippen LogP contribution in [-0.4, -0.2) is 22.5 Å². The average molecular weight is 209 g/mol. The van der Waals surface area contributed by atoms with Gasteiger partial charge < -0.3 is 11.1 Å². The summed E-state index contributed by atoms with van der Waals surface area (Å²) in [6, 6.07) is 1.92. The molecule has 14 heavy (non-hydrogen) atoms. The van der Waals surface area contributed by atoms with Gasteiger partial charge in [0.15, 0.2) is 0 Å². The van der Waals surface area contributed by atoms with Crippen LogP contribution in [0.4, 0.5) is 11.4 Å². The zero-order valence-electron chi connectivity index (χ0n) is 8.29. The van der Waals surface area contributed by atoms with E-state index >= 15 is 0 Å². The first kappa shape index (κ1) is 9.65. The number of hydrogen-bond acceptors (Lipinski definition) is 4. The summed E-state index contributed by atoms with van der Waals surface area (Å²) in [5, 5.41) is 3.38. The summed E-state index contributed by atoms with van der Waals surface area (Å²) in [5.41, 5.74) is 7.37. The van der Waals surface area contributed by atoms with Crippen LogP contribution >= 0.6 is 11.8 Å². The number of nitrogen functional groups attached to an aromatic ring is 1. The Morgan fingerprint density at radius 3 is 2.93 bits per heavy atom. The maximum absolute atomic E-state index is 5.64. The second-order valence-corrected chi connectivity index (χ2v) is 5.02. The van der Waals surface area contributed by atoms with Gasteiger partial charge in [0.05, 0.1) is 17.6 Å². The fourth-order valence-corrected chi connectivity index (χ4v) is 2.14. The molecule has 0 amide bonds. The van der Waals surface area contributed by atoms with Gasteiger partial charge in [-0.05, 0) is 25.2 Å². The summed E-state index contributed by atoms with van der Waals surface area (Å²) >= 11 is 1.95. The van der Waals surface area contributed by atoms with Crippen LogP contribution in [0.2, 0.25) is 0 Å². The summed E-state index contributed by atoms with van der Waals surface area (Å²) in [6.45, 7) is 1.01. The summed E-state index contributed by atoms with van der Waals surface area (Å²) in [6.07, 6.45) is 8.28. The molecule has 0 spiro atoms. The minimum absolute atomic E-state index is 0.477. The van der Waals surface area contributed by atoms with Crippen molar-refractivity contribution in [2.24, 2.45) is 0 Å². The number of nitrogens with one attached hydrogen (secondary N) is 1. The first-order chi connectivity index (χ1) is 6.74. The minimum Gasteiger partial charge on any atom is -0.397 e. The number of aromatic nitrogens is 1. The number of anilines is 2. The highest BCUT2D eigenvalue weighted by molar-refractivity contribution is 8.00. The smallest absolute Gasteiger partial charge is 0.0547 e. The standard InChI is InChI=1S/C10H15N3S/c1-14-10(2-3-10)7-13-9-4-8(11)5-12-6-9/h4-6,13H,2-3,7,11H2,1H3. The van der Waals surface area contributed by atoms with Crippen molar-refractivity contribution in [3.8, 4) is 0 Å². The third kappa shape index (κ3) is 2.12.